The van der Waals surface area contributed by atoms with Gasteiger partial charge in [0.1, 0.15) is 6.54 Å². The second kappa shape index (κ2) is 7.40. The van der Waals surface area contributed by atoms with Crippen molar-refractivity contribution in [1.29, 1.82) is 0 Å². The highest BCUT2D eigenvalue weighted by Gasteiger charge is 2.12. The maximum absolute atomic E-state index is 12.7. The van der Waals surface area contributed by atoms with Crippen molar-refractivity contribution in [3.05, 3.63) is 85.9 Å². The molecule has 0 N–H and O–H groups in total. The van der Waals surface area contributed by atoms with Gasteiger partial charge in [-0.05, 0) is 36.6 Å². The lowest BCUT2D eigenvalue weighted by Crippen LogP contribution is -2.22. The maximum atomic E-state index is 12.7. The van der Waals surface area contributed by atoms with Gasteiger partial charge in [0, 0.05) is 11.2 Å². The average molecular weight is 398 g/mol. The van der Waals surface area contributed by atoms with Gasteiger partial charge in [-0.2, -0.15) is 4.68 Å². The molecular weight excluding hydrogens is 382 g/mol. The van der Waals surface area contributed by atoms with E-state index < -0.39 is 5.76 Å². The largest absolute Gasteiger partial charge is 0.437 e. The van der Waals surface area contributed by atoms with Crippen LogP contribution in [0.2, 0.25) is 5.02 Å². The van der Waals surface area contributed by atoms with Gasteiger partial charge in [0.25, 0.3) is 5.56 Å². The van der Waals surface area contributed by atoms with Crippen molar-refractivity contribution < 1.29 is 4.42 Å². The predicted octanol–water partition coefficient (Wildman–Crippen LogP) is 2.19. The number of hydrogen-bond acceptors (Lipinski definition) is 6. The molecule has 0 aliphatic carbocycles. The molecule has 0 saturated carbocycles. The first kappa shape index (κ1) is 18.1. The van der Waals surface area contributed by atoms with E-state index in [1.807, 2.05) is 12.1 Å². The normalized spacial score (nSPS) is 11.2. The summed E-state index contributed by atoms with van der Waals surface area (Å²) >= 11 is 5.87. The number of hydrogen-bond donors (Lipinski definition) is 0. The maximum Gasteiger partial charge on any atom is 0.437 e. The zero-order chi connectivity index (χ0) is 19.7. The molecule has 0 spiro atoms. The molecule has 3 heterocycles. The third-order valence-electron chi connectivity index (χ3n) is 4.41. The van der Waals surface area contributed by atoms with Crippen LogP contribution >= 0.6 is 11.6 Å². The van der Waals surface area contributed by atoms with E-state index in [1.54, 1.807) is 31.5 Å². The van der Waals surface area contributed by atoms with E-state index in [4.69, 9.17) is 16.0 Å². The van der Waals surface area contributed by atoms with E-state index in [9.17, 15) is 9.59 Å². The van der Waals surface area contributed by atoms with Crippen LogP contribution < -0.4 is 11.3 Å². The first-order valence-electron chi connectivity index (χ1n) is 8.62. The lowest BCUT2D eigenvalue weighted by molar-refractivity contribution is 0.434. The fourth-order valence-electron chi connectivity index (χ4n) is 2.95. The molecule has 0 amide bonds. The molecule has 0 bridgehead atoms. The molecule has 3 aromatic heterocycles. The van der Waals surface area contributed by atoms with Crippen LogP contribution in [0.15, 0.2) is 57.0 Å². The van der Waals surface area contributed by atoms with Crippen LogP contribution in [0.25, 0.3) is 10.9 Å². The third-order valence-corrected chi connectivity index (χ3v) is 4.66. The molecule has 0 aliphatic rings. The van der Waals surface area contributed by atoms with Crippen molar-refractivity contribution >= 4 is 22.5 Å². The molecule has 0 radical (unpaired) electrons. The molecule has 9 heteroatoms. The second-order valence-corrected chi connectivity index (χ2v) is 6.83. The lowest BCUT2D eigenvalue weighted by atomic mass is 10.1. The molecule has 8 nitrogen and oxygen atoms in total. The molecule has 0 atom stereocenters. The second-order valence-electron chi connectivity index (χ2n) is 6.39. The van der Waals surface area contributed by atoms with E-state index >= 15 is 0 Å². The van der Waals surface area contributed by atoms with Crippen molar-refractivity contribution in [1.82, 2.24) is 24.3 Å². The summed E-state index contributed by atoms with van der Waals surface area (Å²) in [7, 11) is 0. The Labute approximate surface area is 164 Å². The zero-order valence-electron chi connectivity index (χ0n) is 15.0. The molecule has 0 unspecified atom stereocenters. The predicted molar refractivity (Wildman–Crippen MR) is 104 cm³/mol. The standard InChI is InChI=1S/C19H16ClN5O3/c1-12-8-21-9-15-17(12)18(26)24(11-22-15)10-16-23-25(19(27)28-16)7-6-13-2-4-14(20)5-3-13/h2-5,8-9,11H,6-7,10H2,1H3. The van der Waals surface area contributed by atoms with Gasteiger partial charge in [-0.15, -0.1) is 5.10 Å². The summed E-state index contributed by atoms with van der Waals surface area (Å²) in [6.07, 6.45) is 5.16. The average Bonchev–Trinajstić information content (AvgIpc) is 3.03. The van der Waals surface area contributed by atoms with Gasteiger partial charge in [0.15, 0.2) is 0 Å². The smallest absolute Gasteiger partial charge is 0.390 e. The molecule has 0 aliphatic heterocycles. The number of aromatic nitrogens is 5. The SMILES string of the molecule is Cc1cncc2ncn(Cc3nn(CCc4ccc(Cl)cc4)c(=O)o3)c(=O)c12. The summed E-state index contributed by atoms with van der Waals surface area (Å²) in [4.78, 5) is 33.1. The van der Waals surface area contributed by atoms with E-state index in [0.29, 0.717) is 28.9 Å². The van der Waals surface area contributed by atoms with Crippen LogP contribution in [-0.2, 0) is 19.5 Å². The zero-order valence-corrected chi connectivity index (χ0v) is 15.8. The van der Waals surface area contributed by atoms with Crippen LogP contribution in [0, 0.1) is 6.92 Å². The monoisotopic (exact) mass is 397 g/mol. The Hall–Kier alpha value is -3.26. The number of pyridine rings is 1. The summed E-state index contributed by atoms with van der Waals surface area (Å²) < 4.78 is 7.81. The molecule has 28 heavy (non-hydrogen) atoms. The van der Waals surface area contributed by atoms with E-state index in [0.717, 1.165) is 11.1 Å². The Morgan fingerprint density at radius 1 is 1.14 bits per heavy atom. The van der Waals surface area contributed by atoms with Crippen LogP contribution in [0.4, 0.5) is 0 Å². The molecular formula is C19H16ClN5O3. The Bertz CT molecular complexity index is 1260. The summed E-state index contributed by atoms with van der Waals surface area (Å²) in [5.41, 5.74) is 2.05. The topological polar surface area (TPSA) is 95.8 Å². The van der Waals surface area contributed by atoms with E-state index in [-0.39, 0.29) is 18.0 Å². The minimum Gasteiger partial charge on any atom is -0.390 e. The Balaban J connectivity index is 1.56. The number of fused-ring (bicyclic) bond motifs is 1. The Morgan fingerprint density at radius 3 is 2.71 bits per heavy atom. The van der Waals surface area contributed by atoms with Crippen molar-refractivity contribution in [2.24, 2.45) is 0 Å². The third kappa shape index (κ3) is 3.59. The van der Waals surface area contributed by atoms with Crippen molar-refractivity contribution in [3.63, 3.8) is 0 Å². The minimum atomic E-state index is -0.564. The number of aryl methyl sites for hydroxylation is 3. The van der Waals surface area contributed by atoms with Crippen molar-refractivity contribution in [3.8, 4) is 0 Å². The fraction of sp³-hybridized carbons (Fsp3) is 0.211. The van der Waals surface area contributed by atoms with Crippen LogP contribution in [0.5, 0.6) is 0 Å². The van der Waals surface area contributed by atoms with Gasteiger partial charge in [0.2, 0.25) is 5.89 Å². The van der Waals surface area contributed by atoms with Crippen molar-refractivity contribution in [2.75, 3.05) is 0 Å². The number of benzene rings is 1. The quantitative estimate of drug-likeness (QED) is 0.512. The molecule has 4 aromatic rings. The van der Waals surface area contributed by atoms with Crippen LogP contribution in [-0.4, -0.2) is 24.3 Å². The summed E-state index contributed by atoms with van der Waals surface area (Å²) in [6.45, 7) is 2.18. The molecule has 0 saturated heterocycles. The highest BCUT2D eigenvalue weighted by molar-refractivity contribution is 6.30. The fourth-order valence-corrected chi connectivity index (χ4v) is 3.08. The number of nitrogens with zero attached hydrogens (tertiary/aromatic N) is 5. The van der Waals surface area contributed by atoms with Crippen LogP contribution in [0.1, 0.15) is 17.0 Å². The van der Waals surface area contributed by atoms with E-state index in [2.05, 4.69) is 15.1 Å². The summed E-state index contributed by atoms with van der Waals surface area (Å²) in [5, 5.41) is 5.34. The van der Waals surface area contributed by atoms with Gasteiger partial charge in [-0.1, -0.05) is 23.7 Å². The molecule has 0 fully saturated rings. The Morgan fingerprint density at radius 2 is 1.93 bits per heavy atom. The lowest BCUT2D eigenvalue weighted by Gasteiger charge is -2.05. The molecule has 142 valence electrons. The highest BCUT2D eigenvalue weighted by atomic mass is 35.5. The number of halogens is 1. The van der Waals surface area contributed by atoms with Crippen LogP contribution in [0.3, 0.4) is 0 Å². The van der Waals surface area contributed by atoms with Gasteiger partial charge >= 0.3 is 5.76 Å². The van der Waals surface area contributed by atoms with Gasteiger partial charge in [-0.3, -0.25) is 14.3 Å². The first-order chi connectivity index (χ1) is 13.5. The van der Waals surface area contributed by atoms with Gasteiger partial charge in [0.05, 0.1) is 30.0 Å². The summed E-state index contributed by atoms with van der Waals surface area (Å²) in [5.74, 6) is -0.415. The Kier molecular flexibility index (Phi) is 4.79. The van der Waals surface area contributed by atoms with E-state index in [1.165, 1.54) is 15.6 Å². The summed E-state index contributed by atoms with van der Waals surface area (Å²) in [6, 6.07) is 7.38. The first-order valence-corrected chi connectivity index (χ1v) is 9.00. The van der Waals surface area contributed by atoms with Crippen molar-refractivity contribution in [2.45, 2.75) is 26.4 Å². The van der Waals surface area contributed by atoms with Gasteiger partial charge in [-0.25, -0.2) is 9.78 Å². The minimum absolute atomic E-state index is 0.0206. The highest BCUT2D eigenvalue weighted by Crippen LogP contribution is 2.11. The molecule has 4 rings (SSSR count). The van der Waals surface area contributed by atoms with Gasteiger partial charge < -0.3 is 4.42 Å². The molecule has 1 aromatic carbocycles. The number of rotatable bonds is 5.